The molecule has 0 aromatic carbocycles. The molecule has 80 valence electrons. The fourth-order valence-electron chi connectivity index (χ4n) is 1.36. The molecule has 0 spiro atoms. The van der Waals surface area contributed by atoms with E-state index in [0.29, 0.717) is 12.6 Å². The second-order valence-corrected chi connectivity index (χ2v) is 3.88. The number of rotatable bonds is 8. The SMILES string of the molecule is CCC(C)N(C)CCCCCCO. The highest BCUT2D eigenvalue weighted by molar-refractivity contribution is 4.60. The molecule has 0 amide bonds. The number of aliphatic hydroxyl groups is 1. The molecule has 2 nitrogen and oxygen atoms in total. The van der Waals surface area contributed by atoms with Gasteiger partial charge in [0, 0.05) is 12.6 Å². The van der Waals surface area contributed by atoms with E-state index in [-0.39, 0.29) is 0 Å². The molecule has 2 heteroatoms. The first-order chi connectivity index (χ1) is 6.22. The highest BCUT2D eigenvalue weighted by Crippen LogP contribution is 2.04. The summed E-state index contributed by atoms with van der Waals surface area (Å²) in [6.45, 7) is 6.04. The van der Waals surface area contributed by atoms with Crippen LogP contribution in [0.5, 0.6) is 0 Å². The van der Waals surface area contributed by atoms with Gasteiger partial charge in [-0.25, -0.2) is 0 Å². The lowest BCUT2D eigenvalue weighted by Gasteiger charge is -2.23. The van der Waals surface area contributed by atoms with Crippen molar-refractivity contribution < 1.29 is 5.11 Å². The van der Waals surface area contributed by atoms with Crippen LogP contribution in [-0.4, -0.2) is 36.2 Å². The molecule has 0 aromatic rings. The van der Waals surface area contributed by atoms with E-state index in [1.54, 1.807) is 0 Å². The van der Waals surface area contributed by atoms with Crippen LogP contribution >= 0.6 is 0 Å². The van der Waals surface area contributed by atoms with Crippen molar-refractivity contribution in [3.05, 3.63) is 0 Å². The average Bonchev–Trinajstić information content (AvgIpc) is 2.16. The molecule has 13 heavy (non-hydrogen) atoms. The quantitative estimate of drug-likeness (QED) is 0.589. The predicted octanol–water partition coefficient (Wildman–Crippen LogP) is 2.27. The molecule has 0 rings (SSSR count). The normalized spacial score (nSPS) is 13.6. The lowest BCUT2D eigenvalue weighted by Crippen LogP contribution is -2.29. The van der Waals surface area contributed by atoms with Crippen LogP contribution in [0.15, 0.2) is 0 Å². The van der Waals surface area contributed by atoms with Gasteiger partial charge in [-0.2, -0.15) is 0 Å². The van der Waals surface area contributed by atoms with Gasteiger partial charge >= 0.3 is 0 Å². The fourth-order valence-corrected chi connectivity index (χ4v) is 1.36. The van der Waals surface area contributed by atoms with Crippen molar-refractivity contribution in [2.75, 3.05) is 20.2 Å². The van der Waals surface area contributed by atoms with E-state index >= 15 is 0 Å². The zero-order valence-corrected chi connectivity index (χ0v) is 9.42. The molecular formula is C11H25NO. The molecule has 0 bridgehead atoms. The minimum atomic E-state index is 0.348. The molecule has 0 radical (unpaired) electrons. The Balaban J connectivity index is 3.21. The molecule has 0 aliphatic carbocycles. The predicted molar refractivity (Wildman–Crippen MR) is 57.9 cm³/mol. The topological polar surface area (TPSA) is 23.5 Å². The molecule has 1 unspecified atom stereocenters. The first kappa shape index (κ1) is 12.9. The van der Waals surface area contributed by atoms with Crippen LogP contribution in [0.2, 0.25) is 0 Å². The monoisotopic (exact) mass is 187 g/mol. The first-order valence-corrected chi connectivity index (χ1v) is 5.53. The highest BCUT2D eigenvalue weighted by Gasteiger charge is 2.04. The minimum Gasteiger partial charge on any atom is -0.396 e. The van der Waals surface area contributed by atoms with Gasteiger partial charge in [-0.3, -0.25) is 0 Å². The summed E-state index contributed by atoms with van der Waals surface area (Å²) in [6.07, 6.45) is 5.88. The lowest BCUT2D eigenvalue weighted by atomic mass is 10.1. The maximum Gasteiger partial charge on any atom is 0.0431 e. The summed E-state index contributed by atoms with van der Waals surface area (Å²) in [5.41, 5.74) is 0. The molecule has 1 N–H and O–H groups in total. The van der Waals surface area contributed by atoms with Crippen LogP contribution in [-0.2, 0) is 0 Å². The van der Waals surface area contributed by atoms with Crippen LogP contribution < -0.4 is 0 Å². The molecule has 0 aliphatic heterocycles. The largest absolute Gasteiger partial charge is 0.396 e. The molecule has 0 saturated heterocycles. The van der Waals surface area contributed by atoms with Crippen LogP contribution in [0.3, 0.4) is 0 Å². The molecule has 0 aromatic heterocycles. The standard InChI is InChI=1S/C11H25NO/c1-4-11(2)12(3)9-7-5-6-8-10-13/h11,13H,4-10H2,1-3H3. The second kappa shape index (κ2) is 8.52. The van der Waals surface area contributed by atoms with Gasteiger partial charge in [0.1, 0.15) is 0 Å². The minimum absolute atomic E-state index is 0.348. The molecule has 0 saturated carbocycles. The summed E-state index contributed by atoms with van der Waals surface area (Å²) in [5.74, 6) is 0. The van der Waals surface area contributed by atoms with E-state index < -0.39 is 0 Å². The Morgan fingerprint density at radius 3 is 2.31 bits per heavy atom. The third-order valence-corrected chi connectivity index (χ3v) is 2.76. The number of nitrogens with zero attached hydrogens (tertiary/aromatic N) is 1. The van der Waals surface area contributed by atoms with Crippen molar-refractivity contribution >= 4 is 0 Å². The van der Waals surface area contributed by atoms with E-state index in [9.17, 15) is 0 Å². The molecule has 0 aliphatic rings. The third-order valence-electron chi connectivity index (χ3n) is 2.76. The smallest absolute Gasteiger partial charge is 0.0431 e. The Morgan fingerprint density at radius 1 is 1.15 bits per heavy atom. The Kier molecular flexibility index (Phi) is 8.46. The van der Waals surface area contributed by atoms with Crippen LogP contribution in [0.4, 0.5) is 0 Å². The van der Waals surface area contributed by atoms with Gasteiger partial charge in [-0.05, 0) is 39.8 Å². The van der Waals surface area contributed by atoms with Gasteiger partial charge in [-0.15, -0.1) is 0 Å². The molecule has 1 atom stereocenters. The molecular weight excluding hydrogens is 162 g/mol. The lowest BCUT2D eigenvalue weighted by molar-refractivity contribution is 0.242. The van der Waals surface area contributed by atoms with Gasteiger partial charge < -0.3 is 10.0 Å². The summed E-state index contributed by atoms with van der Waals surface area (Å²) >= 11 is 0. The third kappa shape index (κ3) is 7.03. The Bertz CT molecular complexity index is 106. The van der Waals surface area contributed by atoms with Gasteiger partial charge in [0.15, 0.2) is 0 Å². The zero-order chi connectivity index (χ0) is 10.1. The van der Waals surface area contributed by atoms with Gasteiger partial charge in [0.2, 0.25) is 0 Å². The van der Waals surface area contributed by atoms with E-state index in [1.807, 2.05) is 0 Å². The van der Waals surface area contributed by atoms with Gasteiger partial charge in [-0.1, -0.05) is 19.8 Å². The molecule has 0 heterocycles. The fraction of sp³-hybridized carbons (Fsp3) is 1.00. The number of unbranched alkanes of at least 4 members (excludes halogenated alkanes) is 3. The van der Waals surface area contributed by atoms with Crippen LogP contribution in [0, 0.1) is 0 Å². The Labute approximate surface area is 82.9 Å². The highest BCUT2D eigenvalue weighted by atomic mass is 16.2. The average molecular weight is 187 g/mol. The van der Waals surface area contributed by atoms with E-state index in [2.05, 4.69) is 25.8 Å². The molecule has 0 fully saturated rings. The Morgan fingerprint density at radius 2 is 1.77 bits per heavy atom. The zero-order valence-electron chi connectivity index (χ0n) is 9.42. The van der Waals surface area contributed by atoms with E-state index in [0.717, 1.165) is 6.42 Å². The summed E-state index contributed by atoms with van der Waals surface area (Å²) in [6, 6.07) is 0.706. The van der Waals surface area contributed by atoms with Crippen molar-refractivity contribution in [3.63, 3.8) is 0 Å². The number of hydrogen-bond donors (Lipinski definition) is 1. The number of hydrogen-bond acceptors (Lipinski definition) is 2. The van der Waals surface area contributed by atoms with Crippen molar-refractivity contribution in [1.82, 2.24) is 4.90 Å². The van der Waals surface area contributed by atoms with Crippen molar-refractivity contribution in [2.24, 2.45) is 0 Å². The Hall–Kier alpha value is -0.0800. The number of aliphatic hydroxyl groups excluding tert-OH is 1. The van der Waals surface area contributed by atoms with E-state index in [1.165, 1.54) is 32.2 Å². The van der Waals surface area contributed by atoms with Gasteiger partial charge in [0.05, 0.1) is 0 Å². The van der Waals surface area contributed by atoms with E-state index in [4.69, 9.17) is 5.11 Å². The summed E-state index contributed by atoms with van der Waals surface area (Å²) < 4.78 is 0. The van der Waals surface area contributed by atoms with Crippen molar-refractivity contribution in [1.29, 1.82) is 0 Å². The summed E-state index contributed by atoms with van der Waals surface area (Å²) in [4.78, 5) is 2.42. The van der Waals surface area contributed by atoms with Crippen LogP contribution in [0.1, 0.15) is 46.0 Å². The second-order valence-electron chi connectivity index (χ2n) is 3.88. The van der Waals surface area contributed by atoms with Crippen LogP contribution in [0.25, 0.3) is 0 Å². The summed E-state index contributed by atoms with van der Waals surface area (Å²) in [5, 5.41) is 8.59. The summed E-state index contributed by atoms with van der Waals surface area (Å²) in [7, 11) is 2.19. The maximum atomic E-state index is 8.59. The van der Waals surface area contributed by atoms with Crippen molar-refractivity contribution in [3.8, 4) is 0 Å². The van der Waals surface area contributed by atoms with Crippen molar-refractivity contribution in [2.45, 2.75) is 52.0 Å². The van der Waals surface area contributed by atoms with Gasteiger partial charge in [0.25, 0.3) is 0 Å². The maximum absolute atomic E-state index is 8.59. The first-order valence-electron chi connectivity index (χ1n) is 5.53.